The number of rotatable bonds is 4. The number of fused-ring (bicyclic) bond motifs is 2. The van der Waals surface area contributed by atoms with Gasteiger partial charge in [0.15, 0.2) is 0 Å². The summed E-state index contributed by atoms with van der Waals surface area (Å²) < 4.78 is 0. The van der Waals surface area contributed by atoms with Crippen LogP contribution >= 0.6 is 21.4 Å². The molecule has 0 radical (unpaired) electrons. The van der Waals surface area contributed by atoms with Crippen LogP contribution in [0.5, 0.6) is 5.75 Å². The van der Waals surface area contributed by atoms with Gasteiger partial charge in [-0.1, -0.05) is 127 Å². The van der Waals surface area contributed by atoms with E-state index in [1.807, 2.05) is 24.3 Å². The third-order valence-corrected chi connectivity index (χ3v) is 8.82. The minimum atomic E-state index is -0.842. The highest BCUT2D eigenvalue weighted by atomic mass is 32.1. The molecule has 3 heteroatoms. The molecule has 0 atom stereocenters. The molecule has 1 nitrogen and oxygen atoms in total. The maximum atomic E-state index is 11.3. The van der Waals surface area contributed by atoms with Gasteiger partial charge in [0.05, 0.1) is 0 Å². The number of phenolic OH excluding ortho intramolecular Hbond substituents is 1. The lowest BCUT2D eigenvalue weighted by Gasteiger charge is -2.25. The fraction of sp³-hybridized carbons (Fsp3) is 0. The molecule has 0 amide bonds. The monoisotopic (exact) mass is 488 g/mol. The van der Waals surface area contributed by atoms with Crippen molar-refractivity contribution in [2.45, 2.75) is 0 Å². The quantitative estimate of drug-likeness (QED) is 0.259. The predicted molar refractivity (Wildman–Crippen MR) is 158 cm³/mol. The highest BCUT2D eigenvalue weighted by Crippen LogP contribution is 2.44. The molecule has 0 aliphatic heterocycles. The van der Waals surface area contributed by atoms with Crippen molar-refractivity contribution in [3.05, 3.63) is 133 Å². The van der Waals surface area contributed by atoms with Gasteiger partial charge in [0.1, 0.15) is 5.75 Å². The zero-order valence-electron chi connectivity index (χ0n) is 19.1. The van der Waals surface area contributed by atoms with Gasteiger partial charge >= 0.3 is 0 Å². The molecule has 170 valence electrons. The van der Waals surface area contributed by atoms with Gasteiger partial charge in [0.2, 0.25) is 0 Å². The second kappa shape index (κ2) is 9.96. The van der Waals surface area contributed by atoms with Crippen molar-refractivity contribution in [2.24, 2.45) is 0 Å². The van der Waals surface area contributed by atoms with E-state index < -0.39 is 7.92 Å². The van der Waals surface area contributed by atoms with E-state index >= 15 is 0 Å². The third kappa shape index (κ3) is 4.21. The summed E-state index contributed by atoms with van der Waals surface area (Å²) in [4.78, 5) is 0. The van der Waals surface area contributed by atoms with E-state index in [4.69, 9.17) is 0 Å². The van der Waals surface area contributed by atoms with Crippen LogP contribution in [0.4, 0.5) is 0 Å². The summed E-state index contributed by atoms with van der Waals surface area (Å²) in [6.07, 6.45) is 0. The number of phenols is 1. The zero-order chi connectivity index (χ0) is 22.9. The van der Waals surface area contributed by atoms with E-state index in [1.165, 1.54) is 21.3 Å². The summed E-state index contributed by atoms with van der Waals surface area (Å²) in [6, 6.07) is 46.6. The number of benzene rings is 6. The first-order valence-corrected chi connectivity index (χ1v) is 12.8. The zero-order valence-corrected chi connectivity index (χ0v) is 21.0. The van der Waals surface area contributed by atoms with Crippen LogP contribution in [-0.4, -0.2) is 5.11 Å². The second-order valence-corrected chi connectivity index (χ2v) is 10.6. The van der Waals surface area contributed by atoms with Crippen LogP contribution in [-0.2, 0) is 0 Å². The van der Waals surface area contributed by atoms with Gasteiger partial charge in [-0.15, -0.1) is 0 Å². The molecule has 0 saturated heterocycles. The molecule has 0 aromatic heterocycles. The lowest BCUT2D eigenvalue weighted by Crippen LogP contribution is -2.22. The largest absolute Gasteiger partial charge is 0.507 e. The van der Waals surface area contributed by atoms with Crippen molar-refractivity contribution in [1.82, 2.24) is 0 Å². The fourth-order valence-corrected chi connectivity index (χ4v) is 7.29. The van der Waals surface area contributed by atoms with Gasteiger partial charge in [-0.05, 0) is 51.4 Å². The van der Waals surface area contributed by atoms with Gasteiger partial charge in [-0.3, -0.25) is 0 Å². The number of aromatic hydroxyl groups is 1. The Kier molecular flexibility index (Phi) is 6.59. The molecule has 0 aliphatic carbocycles. The van der Waals surface area contributed by atoms with E-state index in [-0.39, 0.29) is 13.5 Å². The van der Waals surface area contributed by atoms with E-state index in [0.717, 1.165) is 27.3 Å². The van der Waals surface area contributed by atoms with Crippen LogP contribution in [0, 0.1) is 0 Å². The summed E-state index contributed by atoms with van der Waals surface area (Å²) in [5.74, 6) is 0.312. The van der Waals surface area contributed by atoms with Crippen molar-refractivity contribution in [2.75, 3.05) is 0 Å². The molecule has 0 fully saturated rings. The first-order chi connectivity index (χ1) is 16.8. The highest BCUT2D eigenvalue weighted by Gasteiger charge is 2.24. The average Bonchev–Trinajstić information content (AvgIpc) is 2.90. The van der Waals surface area contributed by atoms with Crippen molar-refractivity contribution in [1.29, 1.82) is 0 Å². The molecule has 0 saturated carbocycles. The van der Waals surface area contributed by atoms with E-state index in [9.17, 15) is 5.11 Å². The molecule has 0 bridgehead atoms. The highest BCUT2D eigenvalue weighted by molar-refractivity contribution is 7.80. The first-order valence-electron chi connectivity index (χ1n) is 11.4. The summed E-state index contributed by atoms with van der Waals surface area (Å²) in [6.45, 7) is 0. The van der Waals surface area contributed by atoms with Crippen LogP contribution in [0.2, 0.25) is 0 Å². The van der Waals surface area contributed by atoms with Crippen LogP contribution in [0.1, 0.15) is 0 Å². The molecular weight excluding hydrogens is 463 g/mol. The van der Waals surface area contributed by atoms with Crippen molar-refractivity contribution in [3.8, 4) is 16.9 Å². The average molecular weight is 489 g/mol. The van der Waals surface area contributed by atoms with Gasteiger partial charge in [-0.2, -0.15) is 13.5 Å². The van der Waals surface area contributed by atoms with Crippen molar-refractivity contribution < 1.29 is 5.11 Å². The van der Waals surface area contributed by atoms with Gasteiger partial charge in [0, 0.05) is 11.1 Å². The van der Waals surface area contributed by atoms with Gasteiger partial charge < -0.3 is 5.11 Å². The van der Waals surface area contributed by atoms with Gasteiger partial charge in [-0.25, -0.2) is 0 Å². The molecule has 0 unspecified atom stereocenters. The molecule has 35 heavy (non-hydrogen) atoms. The Morgan fingerprint density at radius 2 is 0.886 bits per heavy atom. The number of hydrogen-bond acceptors (Lipinski definition) is 1. The molecular formula is C32H25OPS. The fourth-order valence-electron chi connectivity index (χ4n) is 4.81. The Morgan fingerprint density at radius 1 is 0.429 bits per heavy atom. The summed E-state index contributed by atoms with van der Waals surface area (Å²) in [7, 11) is -0.842. The summed E-state index contributed by atoms with van der Waals surface area (Å²) in [5, 5.41) is 19.6. The maximum absolute atomic E-state index is 11.3. The molecule has 6 aromatic rings. The Hall–Kier alpha value is -3.58. The predicted octanol–water partition coefficient (Wildman–Crippen LogP) is 7.24. The lowest BCUT2D eigenvalue weighted by molar-refractivity contribution is 0.478. The van der Waals surface area contributed by atoms with Crippen LogP contribution < -0.4 is 15.9 Å². The van der Waals surface area contributed by atoms with Crippen molar-refractivity contribution in [3.63, 3.8) is 0 Å². The normalized spacial score (nSPS) is 11.0. The van der Waals surface area contributed by atoms with E-state index in [0.29, 0.717) is 5.75 Å². The summed E-state index contributed by atoms with van der Waals surface area (Å²) in [5.41, 5.74) is 2.02. The Morgan fingerprint density at radius 3 is 1.46 bits per heavy atom. The minimum Gasteiger partial charge on any atom is -0.507 e. The Balaban J connectivity index is 0.00000253. The Labute approximate surface area is 213 Å². The lowest BCUT2D eigenvalue weighted by atomic mass is 9.93. The minimum absolute atomic E-state index is 0. The maximum Gasteiger partial charge on any atom is 0.124 e. The van der Waals surface area contributed by atoms with Gasteiger partial charge in [0.25, 0.3) is 0 Å². The molecule has 0 spiro atoms. The molecule has 6 aromatic carbocycles. The number of hydrogen-bond donors (Lipinski definition) is 1. The SMILES string of the molecule is Oc1ccc2ccccc2c1-c1c(P(c2ccccc2)c2ccccc2)ccc2ccccc12.S. The molecule has 0 heterocycles. The second-order valence-electron chi connectivity index (χ2n) is 8.37. The topological polar surface area (TPSA) is 20.2 Å². The van der Waals surface area contributed by atoms with Crippen molar-refractivity contribution >= 4 is 58.9 Å². The van der Waals surface area contributed by atoms with E-state index in [2.05, 4.69) is 109 Å². The van der Waals surface area contributed by atoms with E-state index in [1.54, 1.807) is 0 Å². The van der Waals surface area contributed by atoms with Crippen LogP contribution in [0.3, 0.4) is 0 Å². The smallest absolute Gasteiger partial charge is 0.124 e. The Bertz CT molecular complexity index is 1570. The third-order valence-electron chi connectivity index (χ3n) is 6.33. The summed E-state index contributed by atoms with van der Waals surface area (Å²) >= 11 is 0. The standard InChI is InChI=1S/C32H23OP.H2S/c33-29-21-19-23-11-7-9-17-27(23)31(29)32-28-18-10-8-12-24(28)20-22-30(32)34(25-13-3-1-4-14-25)26-15-5-2-6-16-26;/h1-22,33H;1H2. The first kappa shape index (κ1) is 23.2. The van der Waals surface area contributed by atoms with Crippen LogP contribution in [0.15, 0.2) is 133 Å². The molecule has 1 N–H and O–H groups in total. The molecule has 0 aliphatic rings. The van der Waals surface area contributed by atoms with Crippen LogP contribution in [0.25, 0.3) is 32.7 Å². The molecule has 6 rings (SSSR count).